The maximum Gasteiger partial charge on any atom is 0.416 e. The van der Waals surface area contributed by atoms with Crippen molar-refractivity contribution in [3.63, 3.8) is 0 Å². The third kappa shape index (κ3) is 1.84. The third-order valence-electron chi connectivity index (χ3n) is 2.95. The topological polar surface area (TPSA) is 28.7 Å². The molecule has 0 spiro atoms. The maximum atomic E-state index is 12.7. The number of hydrogen-bond donors (Lipinski definition) is 1. The molecular formula is C11H8BrF3N2. The van der Waals surface area contributed by atoms with Crippen molar-refractivity contribution >= 4 is 26.8 Å². The zero-order valence-electron chi connectivity index (χ0n) is 8.61. The molecule has 90 valence electrons. The molecule has 1 saturated carbocycles. The summed E-state index contributed by atoms with van der Waals surface area (Å²) >= 11 is 3.15. The Morgan fingerprint density at radius 2 is 2.00 bits per heavy atom. The highest BCUT2D eigenvalue weighted by molar-refractivity contribution is 9.10. The molecule has 1 aromatic heterocycles. The average Bonchev–Trinajstić information content (AvgIpc) is 2.97. The quantitative estimate of drug-likeness (QED) is 0.839. The molecule has 0 bridgehead atoms. The molecule has 1 heterocycles. The first-order valence-electron chi connectivity index (χ1n) is 5.21. The van der Waals surface area contributed by atoms with Gasteiger partial charge in [0.2, 0.25) is 0 Å². The SMILES string of the molecule is FC(F)(F)c1cc(Br)c2[nH]nc(C3CC3)c2c1. The van der Waals surface area contributed by atoms with Crippen LogP contribution in [0.15, 0.2) is 16.6 Å². The van der Waals surface area contributed by atoms with Crippen LogP contribution in [-0.2, 0) is 6.18 Å². The van der Waals surface area contributed by atoms with Crippen LogP contribution in [0.5, 0.6) is 0 Å². The van der Waals surface area contributed by atoms with Crippen molar-refractivity contribution in [2.24, 2.45) is 0 Å². The van der Waals surface area contributed by atoms with Gasteiger partial charge in [-0.25, -0.2) is 0 Å². The summed E-state index contributed by atoms with van der Waals surface area (Å²) in [6.45, 7) is 0. The zero-order chi connectivity index (χ0) is 12.2. The van der Waals surface area contributed by atoms with Crippen molar-refractivity contribution in [1.82, 2.24) is 10.2 Å². The van der Waals surface area contributed by atoms with E-state index < -0.39 is 11.7 Å². The van der Waals surface area contributed by atoms with Crippen LogP contribution in [0.3, 0.4) is 0 Å². The normalized spacial score (nSPS) is 16.7. The monoisotopic (exact) mass is 304 g/mol. The van der Waals surface area contributed by atoms with Crippen molar-refractivity contribution in [2.45, 2.75) is 24.9 Å². The minimum absolute atomic E-state index is 0.319. The van der Waals surface area contributed by atoms with Gasteiger partial charge in [-0.3, -0.25) is 5.10 Å². The van der Waals surface area contributed by atoms with Gasteiger partial charge in [0.1, 0.15) is 0 Å². The fourth-order valence-electron chi connectivity index (χ4n) is 1.93. The average molecular weight is 305 g/mol. The molecule has 1 fully saturated rings. The third-order valence-corrected chi connectivity index (χ3v) is 3.57. The highest BCUT2D eigenvalue weighted by Gasteiger charge is 2.34. The van der Waals surface area contributed by atoms with E-state index in [1.165, 1.54) is 6.07 Å². The molecule has 0 unspecified atom stereocenters. The lowest BCUT2D eigenvalue weighted by molar-refractivity contribution is -0.137. The van der Waals surface area contributed by atoms with Crippen LogP contribution in [0.1, 0.15) is 30.0 Å². The van der Waals surface area contributed by atoms with Crippen molar-refractivity contribution in [2.75, 3.05) is 0 Å². The van der Waals surface area contributed by atoms with Crippen LogP contribution >= 0.6 is 15.9 Å². The van der Waals surface area contributed by atoms with E-state index in [2.05, 4.69) is 26.1 Å². The molecule has 1 aromatic carbocycles. The predicted molar refractivity (Wildman–Crippen MR) is 60.8 cm³/mol. The van der Waals surface area contributed by atoms with Gasteiger partial charge in [-0.05, 0) is 40.9 Å². The number of nitrogens with one attached hydrogen (secondary N) is 1. The second-order valence-corrected chi connectivity index (χ2v) is 5.12. The Balaban J connectivity index is 2.25. The van der Waals surface area contributed by atoms with Crippen molar-refractivity contribution < 1.29 is 13.2 Å². The Morgan fingerprint density at radius 1 is 1.29 bits per heavy atom. The van der Waals surface area contributed by atoms with Gasteiger partial charge in [0.25, 0.3) is 0 Å². The van der Waals surface area contributed by atoms with E-state index in [-0.39, 0.29) is 0 Å². The van der Waals surface area contributed by atoms with Crippen LogP contribution in [0, 0.1) is 0 Å². The Bertz CT molecular complexity index is 584. The molecule has 0 amide bonds. The first kappa shape index (κ1) is 11.1. The van der Waals surface area contributed by atoms with Gasteiger partial charge in [0.15, 0.2) is 0 Å². The van der Waals surface area contributed by atoms with Crippen LogP contribution in [0.2, 0.25) is 0 Å². The second-order valence-electron chi connectivity index (χ2n) is 4.26. The molecule has 1 aliphatic carbocycles. The number of rotatable bonds is 1. The van der Waals surface area contributed by atoms with Gasteiger partial charge in [0, 0.05) is 15.8 Å². The molecule has 2 nitrogen and oxygen atoms in total. The van der Waals surface area contributed by atoms with E-state index >= 15 is 0 Å². The van der Waals surface area contributed by atoms with E-state index in [1.54, 1.807) is 0 Å². The lowest BCUT2D eigenvalue weighted by atomic mass is 10.1. The van der Waals surface area contributed by atoms with Gasteiger partial charge in [-0.15, -0.1) is 0 Å². The molecule has 2 aromatic rings. The van der Waals surface area contributed by atoms with Crippen molar-refractivity contribution in [3.8, 4) is 0 Å². The summed E-state index contributed by atoms with van der Waals surface area (Å²) < 4.78 is 38.5. The van der Waals surface area contributed by atoms with Crippen molar-refractivity contribution in [3.05, 3.63) is 27.9 Å². The number of hydrogen-bond acceptors (Lipinski definition) is 1. The van der Waals surface area contributed by atoms with E-state index in [0.29, 0.717) is 21.3 Å². The summed E-state index contributed by atoms with van der Waals surface area (Å²) in [4.78, 5) is 0. The number of H-pyrrole nitrogens is 1. The zero-order valence-corrected chi connectivity index (χ0v) is 10.2. The van der Waals surface area contributed by atoms with E-state index in [0.717, 1.165) is 24.6 Å². The molecule has 0 aliphatic heterocycles. The Hall–Kier alpha value is -1.04. The molecule has 0 saturated heterocycles. The molecule has 0 radical (unpaired) electrons. The minimum Gasteiger partial charge on any atom is -0.276 e. The lowest BCUT2D eigenvalue weighted by Gasteiger charge is -2.07. The minimum atomic E-state index is -4.32. The highest BCUT2D eigenvalue weighted by Crippen LogP contribution is 2.44. The number of fused-ring (bicyclic) bond motifs is 1. The van der Waals surface area contributed by atoms with Crippen molar-refractivity contribution in [1.29, 1.82) is 0 Å². The highest BCUT2D eigenvalue weighted by atomic mass is 79.9. The van der Waals surface area contributed by atoms with Crippen LogP contribution in [-0.4, -0.2) is 10.2 Å². The van der Waals surface area contributed by atoms with Crippen LogP contribution in [0.25, 0.3) is 10.9 Å². The fraction of sp³-hybridized carbons (Fsp3) is 0.364. The summed E-state index contributed by atoms with van der Waals surface area (Å²) in [7, 11) is 0. The smallest absolute Gasteiger partial charge is 0.276 e. The summed E-state index contributed by atoms with van der Waals surface area (Å²) in [6, 6.07) is 2.26. The molecule has 6 heteroatoms. The fourth-order valence-corrected chi connectivity index (χ4v) is 2.48. The van der Waals surface area contributed by atoms with Gasteiger partial charge in [-0.1, -0.05) is 0 Å². The standard InChI is InChI=1S/C11H8BrF3N2/c12-8-4-6(11(13,14)15)3-7-9(5-1-2-5)16-17-10(7)8/h3-5H,1-2H2,(H,16,17). The molecule has 1 N–H and O–H groups in total. The first-order valence-corrected chi connectivity index (χ1v) is 6.01. The maximum absolute atomic E-state index is 12.7. The number of alkyl halides is 3. The largest absolute Gasteiger partial charge is 0.416 e. The number of benzene rings is 1. The Morgan fingerprint density at radius 3 is 2.59 bits per heavy atom. The predicted octanol–water partition coefficient (Wildman–Crippen LogP) is 4.22. The van der Waals surface area contributed by atoms with Gasteiger partial charge in [0.05, 0.1) is 16.8 Å². The molecular weight excluding hydrogens is 297 g/mol. The molecule has 1 aliphatic rings. The summed E-state index contributed by atoms with van der Waals surface area (Å²) in [6.07, 6.45) is -2.31. The van der Waals surface area contributed by atoms with E-state index in [9.17, 15) is 13.2 Å². The summed E-state index contributed by atoms with van der Waals surface area (Å²) in [5.41, 5.74) is 0.756. The lowest BCUT2D eigenvalue weighted by Crippen LogP contribution is -2.04. The van der Waals surface area contributed by atoms with E-state index in [4.69, 9.17) is 0 Å². The number of nitrogens with zero attached hydrogens (tertiary/aromatic N) is 1. The van der Waals surface area contributed by atoms with Crippen LogP contribution in [0.4, 0.5) is 13.2 Å². The first-order chi connectivity index (χ1) is 7.97. The Kier molecular flexibility index (Phi) is 2.26. The van der Waals surface area contributed by atoms with Crippen LogP contribution < -0.4 is 0 Å². The van der Waals surface area contributed by atoms with Gasteiger partial charge >= 0.3 is 6.18 Å². The number of aromatic amines is 1. The Labute approximate surface area is 103 Å². The number of halogens is 4. The summed E-state index contributed by atoms with van der Waals surface area (Å²) in [5.74, 6) is 0.319. The van der Waals surface area contributed by atoms with Gasteiger partial charge < -0.3 is 0 Å². The molecule has 3 rings (SSSR count). The summed E-state index contributed by atoms with van der Waals surface area (Å²) in [5, 5.41) is 7.49. The van der Waals surface area contributed by atoms with Gasteiger partial charge in [-0.2, -0.15) is 18.3 Å². The molecule has 0 atom stereocenters. The number of aromatic nitrogens is 2. The second kappa shape index (κ2) is 3.48. The van der Waals surface area contributed by atoms with E-state index in [1.807, 2.05) is 0 Å². The molecule has 17 heavy (non-hydrogen) atoms.